The molecular formula is C20H25N3O5S. The number of hydrogen-bond donors (Lipinski definition) is 1. The van der Waals surface area contributed by atoms with Gasteiger partial charge in [-0.3, -0.25) is 4.79 Å². The molecule has 9 heteroatoms. The minimum Gasteiger partial charge on any atom is -0.493 e. The van der Waals surface area contributed by atoms with E-state index in [0.717, 1.165) is 5.69 Å². The van der Waals surface area contributed by atoms with E-state index in [1.165, 1.54) is 30.7 Å². The Balaban J connectivity index is 1.65. The fraction of sp³-hybridized carbons (Fsp3) is 0.400. The highest BCUT2D eigenvalue weighted by Crippen LogP contribution is 2.32. The van der Waals surface area contributed by atoms with Crippen molar-refractivity contribution in [3.63, 3.8) is 0 Å². The third-order valence-corrected chi connectivity index (χ3v) is 6.85. The van der Waals surface area contributed by atoms with Crippen molar-refractivity contribution in [1.29, 1.82) is 0 Å². The van der Waals surface area contributed by atoms with Crippen molar-refractivity contribution in [2.24, 2.45) is 5.92 Å². The zero-order valence-electron chi connectivity index (χ0n) is 16.7. The Hall–Kier alpha value is -2.65. The molecule has 2 heterocycles. The van der Waals surface area contributed by atoms with Gasteiger partial charge in [-0.05, 0) is 44.0 Å². The lowest BCUT2D eigenvalue weighted by atomic mass is 9.97. The number of methoxy groups -OCH3 is 2. The SMILES string of the molecule is COc1ccc(S(=O)(=O)N2CCC(C(=O)Nc3cccc(C)n3)CC2)cc1OC. The number of aromatic nitrogens is 1. The number of nitrogens with one attached hydrogen (secondary N) is 1. The van der Waals surface area contributed by atoms with Crippen LogP contribution < -0.4 is 14.8 Å². The average Bonchev–Trinajstić information content (AvgIpc) is 2.73. The van der Waals surface area contributed by atoms with Crippen LogP contribution in [0.5, 0.6) is 11.5 Å². The van der Waals surface area contributed by atoms with Gasteiger partial charge in [0, 0.05) is 30.8 Å². The summed E-state index contributed by atoms with van der Waals surface area (Å²) in [5.41, 5.74) is 0.818. The van der Waals surface area contributed by atoms with Crippen molar-refractivity contribution in [2.45, 2.75) is 24.7 Å². The number of carbonyl (C=O) groups excluding carboxylic acids is 1. The second-order valence-electron chi connectivity index (χ2n) is 6.85. The standard InChI is InChI=1S/C20H25N3O5S/c1-14-5-4-6-19(21-14)22-20(24)15-9-11-23(12-10-15)29(25,26)16-7-8-17(27-2)18(13-16)28-3/h4-8,13,15H,9-12H2,1-3H3,(H,21,22,24). The molecule has 1 aromatic heterocycles. The molecular weight excluding hydrogens is 394 g/mol. The van der Waals surface area contributed by atoms with Crippen LogP contribution in [-0.4, -0.2) is 50.9 Å². The van der Waals surface area contributed by atoms with Crippen molar-refractivity contribution < 1.29 is 22.7 Å². The maximum atomic E-state index is 13.0. The van der Waals surface area contributed by atoms with Crippen LogP contribution in [0.3, 0.4) is 0 Å². The number of ether oxygens (including phenoxy) is 2. The Morgan fingerprint density at radius 2 is 1.79 bits per heavy atom. The number of anilines is 1. The number of nitrogens with zero attached hydrogens (tertiary/aromatic N) is 2. The van der Waals surface area contributed by atoms with E-state index in [2.05, 4.69) is 10.3 Å². The zero-order valence-corrected chi connectivity index (χ0v) is 17.5. The zero-order chi connectivity index (χ0) is 21.0. The van der Waals surface area contributed by atoms with Gasteiger partial charge in [0.2, 0.25) is 15.9 Å². The van der Waals surface area contributed by atoms with Crippen LogP contribution in [0, 0.1) is 12.8 Å². The fourth-order valence-electron chi connectivity index (χ4n) is 3.33. The summed E-state index contributed by atoms with van der Waals surface area (Å²) in [6.45, 7) is 2.40. The Labute approximate surface area is 170 Å². The van der Waals surface area contributed by atoms with Crippen LogP contribution in [0.15, 0.2) is 41.3 Å². The molecule has 1 aromatic carbocycles. The van der Waals surface area contributed by atoms with Gasteiger partial charge < -0.3 is 14.8 Å². The number of pyridine rings is 1. The van der Waals surface area contributed by atoms with Gasteiger partial charge >= 0.3 is 0 Å². The first-order chi connectivity index (χ1) is 13.8. The highest BCUT2D eigenvalue weighted by atomic mass is 32.2. The van der Waals surface area contributed by atoms with Crippen LogP contribution in [0.2, 0.25) is 0 Å². The van der Waals surface area contributed by atoms with Crippen molar-refractivity contribution in [3.8, 4) is 11.5 Å². The van der Waals surface area contributed by atoms with Gasteiger partial charge in [0.25, 0.3) is 0 Å². The first-order valence-electron chi connectivity index (χ1n) is 9.32. The lowest BCUT2D eigenvalue weighted by Crippen LogP contribution is -2.41. The monoisotopic (exact) mass is 419 g/mol. The van der Waals surface area contributed by atoms with Gasteiger partial charge in [-0.25, -0.2) is 13.4 Å². The Kier molecular flexibility index (Phi) is 6.39. The van der Waals surface area contributed by atoms with Gasteiger partial charge in [-0.15, -0.1) is 0 Å². The predicted octanol–water partition coefficient (Wildman–Crippen LogP) is 2.45. The van der Waals surface area contributed by atoms with Crippen LogP contribution in [-0.2, 0) is 14.8 Å². The summed E-state index contributed by atoms with van der Waals surface area (Å²) in [6.07, 6.45) is 0.897. The fourth-order valence-corrected chi connectivity index (χ4v) is 4.81. The molecule has 1 fully saturated rings. The number of sulfonamides is 1. The van der Waals surface area contributed by atoms with E-state index in [9.17, 15) is 13.2 Å². The number of amides is 1. The quantitative estimate of drug-likeness (QED) is 0.772. The molecule has 29 heavy (non-hydrogen) atoms. The predicted molar refractivity (Wildman–Crippen MR) is 109 cm³/mol. The normalized spacial score (nSPS) is 15.7. The van der Waals surface area contributed by atoms with Crippen molar-refractivity contribution in [3.05, 3.63) is 42.1 Å². The first-order valence-corrected chi connectivity index (χ1v) is 10.8. The van der Waals surface area contributed by atoms with E-state index in [1.54, 1.807) is 12.1 Å². The average molecular weight is 420 g/mol. The Bertz CT molecular complexity index is 985. The third-order valence-electron chi connectivity index (χ3n) is 4.96. The molecule has 0 saturated carbocycles. The summed E-state index contributed by atoms with van der Waals surface area (Å²) in [5.74, 6) is 0.941. The van der Waals surface area contributed by atoms with Crippen LogP contribution in [0.4, 0.5) is 5.82 Å². The molecule has 1 aliphatic rings. The van der Waals surface area contributed by atoms with Crippen LogP contribution in [0.25, 0.3) is 0 Å². The molecule has 0 aliphatic carbocycles. The van der Waals surface area contributed by atoms with Gasteiger partial charge in [-0.2, -0.15) is 4.31 Å². The molecule has 0 atom stereocenters. The van der Waals surface area contributed by atoms with E-state index >= 15 is 0 Å². The summed E-state index contributed by atoms with van der Waals surface area (Å²) in [6, 6.07) is 9.95. The van der Waals surface area contributed by atoms with Crippen molar-refractivity contribution in [2.75, 3.05) is 32.6 Å². The van der Waals surface area contributed by atoms with Crippen LogP contribution in [0.1, 0.15) is 18.5 Å². The summed E-state index contributed by atoms with van der Waals surface area (Å²) >= 11 is 0. The molecule has 0 spiro atoms. The smallest absolute Gasteiger partial charge is 0.243 e. The maximum absolute atomic E-state index is 13.0. The molecule has 2 aromatic rings. The Morgan fingerprint density at radius 3 is 2.41 bits per heavy atom. The van der Waals surface area contributed by atoms with E-state index in [1.807, 2.05) is 19.1 Å². The number of piperidine rings is 1. The minimum absolute atomic E-state index is 0.133. The van der Waals surface area contributed by atoms with Gasteiger partial charge in [0.05, 0.1) is 19.1 Å². The summed E-state index contributed by atoms with van der Waals surface area (Å²) < 4.78 is 37.7. The first kappa shape index (κ1) is 21.1. The molecule has 8 nitrogen and oxygen atoms in total. The Morgan fingerprint density at radius 1 is 1.10 bits per heavy atom. The highest BCUT2D eigenvalue weighted by Gasteiger charge is 2.32. The van der Waals surface area contributed by atoms with E-state index in [0.29, 0.717) is 30.2 Å². The molecule has 0 bridgehead atoms. The number of carbonyl (C=O) groups is 1. The molecule has 1 aliphatic heterocycles. The molecule has 1 amide bonds. The molecule has 1 saturated heterocycles. The van der Waals surface area contributed by atoms with E-state index in [4.69, 9.17) is 9.47 Å². The summed E-state index contributed by atoms with van der Waals surface area (Å²) in [5, 5.41) is 2.82. The number of hydrogen-bond acceptors (Lipinski definition) is 6. The van der Waals surface area contributed by atoms with Crippen molar-refractivity contribution in [1.82, 2.24) is 9.29 Å². The number of benzene rings is 1. The van der Waals surface area contributed by atoms with Crippen molar-refractivity contribution >= 4 is 21.7 Å². The summed E-state index contributed by atoms with van der Waals surface area (Å²) in [7, 11) is -0.726. The van der Waals surface area contributed by atoms with Gasteiger partial charge in [-0.1, -0.05) is 6.07 Å². The second-order valence-corrected chi connectivity index (χ2v) is 8.79. The molecule has 3 rings (SSSR count). The molecule has 156 valence electrons. The number of aryl methyl sites for hydroxylation is 1. The molecule has 1 N–H and O–H groups in total. The maximum Gasteiger partial charge on any atom is 0.243 e. The lowest BCUT2D eigenvalue weighted by Gasteiger charge is -2.30. The second kappa shape index (κ2) is 8.79. The largest absolute Gasteiger partial charge is 0.493 e. The third kappa shape index (κ3) is 4.68. The lowest BCUT2D eigenvalue weighted by molar-refractivity contribution is -0.120. The topological polar surface area (TPSA) is 97.8 Å². The molecule has 0 unspecified atom stereocenters. The van der Waals surface area contributed by atoms with Gasteiger partial charge in [0.15, 0.2) is 11.5 Å². The van der Waals surface area contributed by atoms with E-state index in [-0.39, 0.29) is 29.8 Å². The van der Waals surface area contributed by atoms with Crippen LogP contribution >= 0.6 is 0 Å². The van der Waals surface area contributed by atoms with Gasteiger partial charge in [0.1, 0.15) is 5.82 Å². The highest BCUT2D eigenvalue weighted by molar-refractivity contribution is 7.89. The molecule has 0 radical (unpaired) electrons. The summed E-state index contributed by atoms with van der Waals surface area (Å²) in [4.78, 5) is 16.9. The minimum atomic E-state index is -3.68. The van der Waals surface area contributed by atoms with E-state index < -0.39 is 10.0 Å². The number of rotatable bonds is 6.